The van der Waals surface area contributed by atoms with E-state index < -0.39 is 0 Å². The molecule has 0 aromatic carbocycles. The van der Waals surface area contributed by atoms with E-state index in [9.17, 15) is 0 Å². The van der Waals surface area contributed by atoms with E-state index in [4.69, 9.17) is 7.85 Å². The van der Waals surface area contributed by atoms with Crippen LogP contribution < -0.4 is 0 Å². The molecule has 0 saturated carbocycles. The highest BCUT2D eigenvalue weighted by Gasteiger charge is 2.10. The minimum Gasteiger partial charge on any atom is -0.131 e. The van der Waals surface area contributed by atoms with Crippen LogP contribution in [-0.4, -0.2) is 13.6 Å². The lowest BCUT2D eigenvalue weighted by molar-refractivity contribution is 0.481. The van der Waals surface area contributed by atoms with Gasteiger partial charge in [0.2, 0.25) is 0 Å². The second-order valence-corrected chi connectivity index (χ2v) is 5.28. The van der Waals surface area contributed by atoms with Crippen molar-refractivity contribution in [2.75, 3.05) is 5.75 Å². The first kappa shape index (κ1) is 11.2. The van der Waals surface area contributed by atoms with Gasteiger partial charge in [-0.1, -0.05) is 27.7 Å². The Kier molecular flexibility index (Phi) is 4.31. The Morgan fingerprint density at radius 1 is 1.27 bits per heavy atom. The molecule has 0 heterocycles. The SMILES string of the molecule is [B]/C(C)=C(\C)SCC(C)(C)C. The van der Waals surface area contributed by atoms with Gasteiger partial charge in [-0.05, 0) is 17.2 Å². The van der Waals surface area contributed by atoms with Gasteiger partial charge >= 0.3 is 0 Å². The van der Waals surface area contributed by atoms with E-state index in [0.29, 0.717) is 5.41 Å². The fourth-order valence-corrected chi connectivity index (χ4v) is 1.32. The van der Waals surface area contributed by atoms with E-state index in [1.54, 1.807) is 0 Å². The smallest absolute Gasteiger partial charge is 0.108 e. The van der Waals surface area contributed by atoms with E-state index in [-0.39, 0.29) is 0 Å². The molecule has 0 bridgehead atoms. The second kappa shape index (κ2) is 4.25. The van der Waals surface area contributed by atoms with Crippen LogP contribution in [-0.2, 0) is 0 Å². The van der Waals surface area contributed by atoms with Gasteiger partial charge in [0.25, 0.3) is 0 Å². The summed E-state index contributed by atoms with van der Waals surface area (Å²) in [7, 11) is 5.62. The summed E-state index contributed by atoms with van der Waals surface area (Å²) in [5, 5.41) is 0. The molecule has 0 atom stereocenters. The quantitative estimate of drug-likeness (QED) is 0.570. The molecule has 2 radical (unpaired) electrons. The van der Waals surface area contributed by atoms with Crippen LogP contribution in [0.15, 0.2) is 10.4 Å². The van der Waals surface area contributed by atoms with Gasteiger partial charge in [-0.2, -0.15) is 0 Å². The Balaban J connectivity index is 3.82. The number of rotatable bonds is 2. The Labute approximate surface area is 76.2 Å². The molecule has 0 amide bonds. The summed E-state index contributed by atoms with van der Waals surface area (Å²) in [6, 6.07) is 0. The molecule has 11 heavy (non-hydrogen) atoms. The van der Waals surface area contributed by atoms with Crippen molar-refractivity contribution in [3.05, 3.63) is 10.4 Å². The van der Waals surface area contributed by atoms with Crippen molar-refractivity contribution in [3.8, 4) is 0 Å². The highest BCUT2D eigenvalue weighted by Crippen LogP contribution is 2.26. The van der Waals surface area contributed by atoms with Crippen molar-refractivity contribution in [1.82, 2.24) is 0 Å². The van der Waals surface area contributed by atoms with Crippen molar-refractivity contribution in [2.24, 2.45) is 5.41 Å². The van der Waals surface area contributed by atoms with Gasteiger partial charge in [0, 0.05) is 5.75 Å². The number of hydrogen-bond acceptors (Lipinski definition) is 1. The summed E-state index contributed by atoms with van der Waals surface area (Å²) in [4.78, 5) is 1.25. The van der Waals surface area contributed by atoms with Crippen molar-refractivity contribution in [1.29, 1.82) is 0 Å². The normalized spacial score (nSPS) is 14.6. The van der Waals surface area contributed by atoms with Crippen molar-refractivity contribution in [3.63, 3.8) is 0 Å². The molecule has 0 aliphatic heterocycles. The maximum absolute atomic E-state index is 5.62. The van der Waals surface area contributed by atoms with Crippen LogP contribution in [0, 0.1) is 5.41 Å². The Bertz CT molecular complexity index is 149. The van der Waals surface area contributed by atoms with E-state index in [0.717, 1.165) is 11.2 Å². The van der Waals surface area contributed by atoms with Crippen LogP contribution in [0.4, 0.5) is 0 Å². The highest BCUT2D eigenvalue weighted by atomic mass is 32.2. The monoisotopic (exact) mass is 168 g/mol. The van der Waals surface area contributed by atoms with Gasteiger partial charge in [-0.3, -0.25) is 0 Å². The van der Waals surface area contributed by atoms with Gasteiger partial charge in [-0.25, -0.2) is 0 Å². The van der Waals surface area contributed by atoms with Gasteiger partial charge in [0.1, 0.15) is 7.85 Å². The van der Waals surface area contributed by atoms with Gasteiger partial charge in [-0.15, -0.1) is 17.2 Å². The van der Waals surface area contributed by atoms with Crippen LogP contribution in [0.1, 0.15) is 34.6 Å². The molecule has 0 unspecified atom stereocenters. The maximum atomic E-state index is 5.62. The standard InChI is InChI=1S/C9H17BS/c1-7(10)8(2)11-6-9(3,4)5/h6H2,1-5H3/b8-7+. The largest absolute Gasteiger partial charge is 0.131 e. The van der Waals surface area contributed by atoms with Gasteiger partial charge in [0.05, 0.1) is 0 Å². The lowest BCUT2D eigenvalue weighted by atomic mass is 9.98. The molecule has 0 aliphatic carbocycles. The fraction of sp³-hybridized carbons (Fsp3) is 0.778. The Morgan fingerprint density at radius 3 is 2.00 bits per heavy atom. The summed E-state index contributed by atoms with van der Waals surface area (Å²) >= 11 is 1.85. The minimum absolute atomic E-state index is 0.390. The predicted molar refractivity (Wildman–Crippen MR) is 56.0 cm³/mol. The molecular formula is C9H17BS. The molecule has 0 nitrogen and oxygen atoms in total. The zero-order valence-corrected chi connectivity index (χ0v) is 9.01. The van der Waals surface area contributed by atoms with Crippen LogP contribution in [0.2, 0.25) is 0 Å². The average Bonchev–Trinajstić information content (AvgIpc) is 1.80. The summed E-state index contributed by atoms with van der Waals surface area (Å²) in [5.41, 5.74) is 1.33. The summed E-state index contributed by atoms with van der Waals surface area (Å²) in [6.07, 6.45) is 0. The topological polar surface area (TPSA) is 0 Å². The summed E-state index contributed by atoms with van der Waals surface area (Å²) < 4.78 is 0. The molecular weight excluding hydrogens is 151 g/mol. The summed E-state index contributed by atoms with van der Waals surface area (Å²) in [6.45, 7) is 10.7. The molecule has 0 aliphatic rings. The minimum atomic E-state index is 0.390. The Hall–Kier alpha value is 0.155. The maximum Gasteiger partial charge on any atom is 0.108 e. The fourth-order valence-electron chi connectivity index (χ4n) is 0.439. The third-order valence-electron chi connectivity index (χ3n) is 1.28. The van der Waals surface area contributed by atoms with E-state index in [2.05, 4.69) is 27.7 Å². The van der Waals surface area contributed by atoms with Crippen LogP contribution in [0.3, 0.4) is 0 Å². The first-order valence-electron chi connectivity index (χ1n) is 3.89. The number of hydrogen-bond donors (Lipinski definition) is 0. The molecule has 0 saturated heterocycles. The van der Waals surface area contributed by atoms with Crippen molar-refractivity contribution in [2.45, 2.75) is 34.6 Å². The van der Waals surface area contributed by atoms with E-state index in [1.165, 1.54) is 4.91 Å². The molecule has 0 aromatic heterocycles. The lowest BCUT2D eigenvalue weighted by Crippen LogP contribution is -2.08. The van der Waals surface area contributed by atoms with E-state index in [1.807, 2.05) is 18.7 Å². The first-order valence-corrected chi connectivity index (χ1v) is 4.87. The van der Waals surface area contributed by atoms with Gasteiger partial charge in [0.15, 0.2) is 0 Å². The zero-order chi connectivity index (χ0) is 9.07. The van der Waals surface area contributed by atoms with E-state index >= 15 is 0 Å². The summed E-state index contributed by atoms with van der Waals surface area (Å²) in [5.74, 6) is 1.13. The van der Waals surface area contributed by atoms with Crippen LogP contribution in [0.25, 0.3) is 0 Å². The van der Waals surface area contributed by atoms with Crippen LogP contribution >= 0.6 is 11.8 Å². The molecule has 0 aromatic rings. The number of thioether (sulfide) groups is 1. The van der Waals surface area contributed by atoms with Crippen molar-refractivity contribution < 1.29 is 0 Å². The highest BCUT2D eigenvalue weighted by molar-refractivity contribution is 8.03. The molecule has 62 valence electrons. The third kappa shape index (κ3) is 6.55. The molecule has 0 rings (SSSR count). The van der Waals surface area contributed by atoms with Gasteiger partial charge < -0.3 is 0 Å². The Morgan fingerprint density at radius 2 is 1.73 bits per heavy atom. The third-order valence-corrected chi connectivity index (χ3v) is 3.04. The second-order valence-electron chi connectivity index (χ2n) is 4.09. The average molecular weight is 168 g/mol. The number of allylic oxidation sites excluding steroid dienone is 2. The zero-order valence-electron chi connectivity index (χ0n) is 8.19. The predicted octanol–water partition coefficient (Wildman–Crippen LogP) is 3.19. The van der Waals surface area contributed by atoms with Crippen molar-refractivity contribution >= 4 is 19.6 Å². The molecule has 0 fully saturated rings. The van der Waals surface area contributed by atoms with Crippen LogP contribution in [0.5, 0.6) is 0 Å². The molecule has 0 spiro atoms. The first-order chi connectivity index (χ1) is 4.83. The molecule has 2 heteroatoms. The molecule has 0 N–H and O–H groups in total. The lowest BCUT2D eigenvalue weighted by Gasteiger charge is -2.17.